The first kappa shape index (κ1) is 15.1. The van der Waals surface area contributed by atoms with Gasteiger partial charge in [0.25, 0.3) is 0 Å². The average molecular weight is 300 g/mol. The highest BCUT2D eigenvalue weighted by molar-refractivity contribution is 5.84. The molecule has 0 atom stereocenters. The summed E-state index contributed by atoms with van der Waals surface area (Å²) in [5.41, 5.74) is 2.47. The maximum absolute atomic E-state index is 12.1. The Bertz CT molecular complexity index is 642. The molecule has 4 heteroatoms. The zero-order chi connectivity index (χ0) is 15.4. The van der Waals surface area contributed by atoms with E-state index in [4.69, 9.17) is 4.74 Å². The van der Waals surface area contributed by atoms with Crippen molar-refractivity contribution in [1.82, 2.24) is 9.88 Å². The zero-order valence-electron chi connectivity index (χ0n) is 13.2. The summed E-state index contributed by atoms with van der Waals surface area (Å²) in [7, 11) is 2.05. The van der Waals surface area contributed by atoms with Crippen molar-refractivity contribution in [1.29, 1.82) is 0 Å². The highest BCUT2D eigenvalue weighted by atomic mass is 16.5. The lowest BCUT2D eigenvalue weighted by molar-refractivity contribution is -0.121. The Kier molecular flexibility index (Phi) is 4.78. The molecule has 1 aromatic heterocycles. The van der Waals surface area contributed by atoms with Crippen LogP contribution in [0.5, 0.6) is 0 Å². The molecule has 1 N–H and O–H groups in total. The van der Waals surface area contributed by atoms with Gasteiger partial charge in [0.1, 0.15) is 0 Å². The Morgan fingerprint density at radius 2 is 2.09 bits per heavy atom. The minimum absolute atomic E-state index is 0.152. The van der Waals surface area contributed by atoms with E-state index >= 15 is 0 Å². The predicted molar refractivity (Wildman–Crippen MR) is 87.8 cm³/mol. The number of aromatic nitrogens is 1. The average Bonchev–Trinajstić information content (AvgIpc) is 2.89. The van der Waals surface area contributed by atoms with Crippen molar-refractivity contribution in [2.24, 2.45) is 13.0 Å². The molecule has 2 aromatic rings. The largest absolute Gasteiger partial charge is 0.381 e. The molecule has 0 radical (unpaired) electrons. The van der Waals surface area contributed by atoms with Crippen molar-refractivity contribution in [2.45, 2.75) is 25.7 Å². The minimum Gasteiger partial charge on any atom is -0.381 e. The highest BCUT2D eigenvalue weighted by Crippen LogP contribution is 2.21. The van der Waals surface area contributed by atoms with Gasteiger partial charge in [-0.2, -0.15) is 0 Å². The third-order valence-corrected chi connectivity index (χ3v) is 4.53. The number of para-hydroxylation sites is 1. The summed E-state index contributed by atoms with van der Waals surface area (Å²) >= 11 is 0. The van der Waals surface area contributed by atoms with Gasteiger partial charge in [-0.05, 0) is 36.8 Å². The molecule has 1 amide bonds. The van der Waals surface area contributed by atoms with E-state index < -0.39 is 0 Å². The molecule has 1 saturated heterocycles. The first-order valence-corrected chi connectivity index (χ1v) is 8.11. The van der Waals surface area contributed by atoms with Crippen LogP contribution in [0.3, 0.4) is 0 Å². The van der Waals surface area contributed by atoms with Crippen molar-refractivity contribution in [3.05, 3.63) is 36.0 Å². The third-order valence-electron chi connectivity index (χ3n) is 4.53. The number of benzene rings is 1. The van der Waals surface area contributed by atoms with Gasteiger partial charge in [0.15, 0.2) is 0 Å². The molecule has 1 fully saturated rings. The smallest absolute Gasteiger partial charge is 0.220 e. The minimum atomic E-state index is 0.152. The van der Waals surface area contributed by atoms with E-state index in [1.165, 1.54) is 16.5 Å². The summed E-state index contributed by atoms with van der Waals surface area (Å²) in [6.45, 7) is 2.45. The Labute approximate surface area is 131 Å². The molecular weight excluding hydrogens is 276 g/mol. The van der Waals surface area contributed by atoms with Crippen molar-refractivity contribution in [2.75, 3.05) is 19.8 Å². The van der Waals surface area contributed by atoms with Crippen LogP contribution >= 0.6 is 0 Å². The monoisotopic (exact) mass is 300 g/mol. The van der Waals surface area contributed by atoms with Crippen molar-refractivity contribution < 1.29 is 9.53 Å². The molecule has 22 heavy (non-hydrogen) atoms. The fourth-order valence-corrected chi connectivity index (χ4v) is 3.17. The summed E-state index contributed by atoms with van der Waals surface area (Å²) in [6.07, 6.45) is 5.60. The second-order valence-corrected chi connectivity index (χ2v) is 6.14. The molecule has 1 aromatic carbocycles. The molecular formula is C18H24N2O2. The molecule has 0 saturated carbocycles. The maximum Gasteiger partial charge on any atom is 0.220 e. The van der Waals surface area contributed by atoms with Gasteiger partial charge in [-0.3, -0.25) is 4.79 Å². The molecule has 0 aliphatic carbocycles. The van der Waals surface area contributed by atoms with Crippen LogP contribution < -0.4 is 5.32 Å². The Morgan fingerprint density at radius 1 is 1.32 bits per heavy atom. The lowest BCUT2D eigenvalue weighted by atomic mass is 10.0. The number of amides is 1. The number of nitrogens with one attached hydrogen (secondary N) is 1. The lowest BCUT2D eigenvalue weighted by Gasteiger charge is -2.22. The van der Waals surface area contributed by atoms with Crippen LogP contribution in [0.4, 0.5) is 0 Å². The number of nitrogens with zero attached hydrogens (tertiary/aromatic N) is 1. The molecule has 0 bridgehead atoms. The summed E-state index contributed by atoms with van der Waals surface area (Å²) in [6, 6.07) is 8.35. The first-order valence-electron chi connectivity index (χ1n) is 8.11. The van der Waals surface area contributed by atoms with Crippen LogP contribution in [0.25, 0.3) is 10.9 Å². The van der Waals surface area contributed by atoms with Crippen LogP contribution in [0, 0.1) is 5.92 Å². The number of carbonyl (C=O) groups is 1. The maximum atomic E-state index is 12.1. The van der Waals surface area contributed by atoms with Gasteiger partial charge >= 0.3 is 0 Å². The number of hydrogen-bond acceptors (Lipinski definition) is 2. The van der Waals surface area contributed by atoms with E-state index in [1.54, 1.807) is 0 Å². The predicted octanol–water partition coefficient (Wildman–Crippen LogP) is 2.65. The summed E-state index contributed by atoms with van der Waals surface area (Å²) < 4.78 is 7.47. The third kappa shape index (κ3) is 3.50. The molecule has 118 valence electrons. The highest BCUT2D eigenvalue weighted by Gasteiger charge is 2.15. The molecule has 1 aliphatic rings. The number of rotatable bonds is 5. The molecule has 2 heterocycles. The van der Waals surface area contributed by atoms with Crippen LogP contribution in [-0.4, -0.2) is 30.2 Å². The van der Waals surface area contributed by atoms with Crippen LogP contribution in [0.15, 0.2) is 30.5 Å². The quantitative estimate of drug-likeness (QED) is 0.922. The fourth-order valence-electron chi connectivity index (χ4n) is 3.17. The lowest BCUT2D eigenvalue weighted by Crippen LogP contribution is -2.32. The fraction of sp³-hybridized carbons (Fsp3) is 0.500. The first-order chi connectivity index (χ1) is 10.7. The normalized spacial score (nSPS) is 16.0. The van der Waals surface area contributed by atoms with Crippen molar-refractivity contribution in [3.63, 3.8) is 0 Å². The van der Waals surface area contributed by atoms with Gasteiger partial charge in [0, 0.05) is 50.3 Å². The van der Waals surface area contributed by atoms with Crippen LogP contribution in [0.1, 0.15) is 24.8 Å². The molecule has 0 unspecified atom stereocenters. The Hall–Kier alpha value is -1.81. The second-order valence-electron chi connectivity index (χ2n) is 6.14. The van der Waals surface area contributed by atoms with Gasteiger partial charge < -0.3 is 14.6 Å². The molecule has 0 spiro atoms. The van der Waals surface area contributed by atoms with Gasteiger partial charge in [-0.1, -0.05) is 18.2 Å². The van der Waals surface area contributed by atoms with Crippen LogP contribution in [0.2, 0.25) is 0 Å². The number of hydrogen-bond donors (Lipinski definition) is 1. The number of carbonyl (C=O) groups excluding carboxylic acids is 1. The number of ether oxygens (including phenoxy) is 1. The van der Waals surface area contributed by atoms with Crippen LogP contribution in [-0.2, 0) is 23.0 Å². The summed E-state index contributed by atoms with van der Waals surface area (Å²) in [5, 5.41) is 4.33. The zero-order valence-corrected chi connectivity index (χ0v) is 13.2. The van der Waals surface area contributed by atoms with E-state index in [2.05, 4.69) is 41.3 Å². The van der Waals surface area contributed by atoms with Gasteiger partial charge in [-0.25, -0.2) is 0 Å². The van der Waals surface area contributed by atoms with Crippen molar-refractivity contribution >= 4 is 16.8 Å². The van der Waals surface area contributed by atoms with Crippen molar-refractivity contribution in [3.8, 4) is 0 Å². The Morgan fingerprint density at radius 3 is 2.91 bits per heavy atom. The SMILES string of the molecule is Cn1cc(CCC(=O)NCC2CCOCC2)c2ccccc21. The Balaban J connectivity index is 1.51. The van der Waals surface area contributed by atoms with Gasteiger partial charge in [-0.15, -0.1) is 0 Å². The van der Waals surface area contributed by atoms with E-state index in [0.29, 0.717) is 12.3 Å². The standard InChI is InChI=1S/C18H24N2O2/c1-20-13-15(16-4-2-3-5-17(16)20)6-7-18(21)19-12-14-8-10-22-11-9-14/h2-5,13-14H,6-12H2,1H3,(H,19,21). The molecule has 4 nitrogen and oxygen atoms in total. The topological polar surface area (TPSA) is 43.3 Å². The second kappa shape index (κ2) is 6.97. The van der Waals surface area contributed by atoms with E-state index in [1.807, 2.05) is 6.07 Å². The van der Waals surface area contributed by atoms with E-state index in [0.717, 1.165) is 39.0 Å². The summed E-state index contributed by atoms with van der Waals surface area (Å²) in [4.78, 5) is 12.1. The number of aryl methyl sites for hydroxylation is 2. The number of fused-ring (bicyclic) bond motifs is 1. The van der Waals surface area contributed by atoms with E-state index in [9.17, 15) is 4.79 Å². The summed E-state index contributed by atoms with van der Waals surface area (Å²) in [5.74, 6) is 0.731. The molecule has 1 aliphatic heterocycles. The van der Waals surface area contributed by atoms with Gasteiger partial charge in [0.2, 0.25) is 5.91 Å². The molecule has 3 rings (SSSR count). The van der Waals surface area contributed by atoms with E-state index in [-0.39, 0.29) is 5.91 Å². The van der Waals surface area contributed by atoms with Gasteiger partial charge in [0.05, 0.1) is 0 Å².